The summed E-state index contributed by atoms with van der Waals surface area (Å²) in [6.45, 7) is 3.93. The van der Waals surface area contributed by atoms with Gasteiger partial charge in [0, 0.05) is 17.2 Å². The molecule has 20 heavy (non-hydrogen) atoms. The van der Waals surface area contributed by atoms with E-state index < -0.39 is 6.10 Å². The summed E-state index contributed by atoms with van der Waals surface area (Å²) < 4.78 is 0.984. The van der Waals surface area contributed by atoms with Crippen LogP contribution in [0.1, 0.15) is 31.1 Å². The summed E-state index contributed by atoms with van der Waals surface area (Å²) >= 11 is 3.59. The Balaban J connectivity index is 2.30. The number of aliphatic hydroxyl groups is 1. The highest BCUT2D eigenvalue weighted by molar-refractivity contribution is 9.10. The molecule has 2 nitrogen and oxygen atoms in total. The lowest BCUT2D eigenvalue weighted by Crippen LogP contribution is -2.10. The van der Waals surface area contributed by atoms with Crippen LogP contribution in [0, 0.1) is 0 Å². The predicted octanol–water partition coefficient (Wildman–Crippen LogP) is 4.83. The van der Waals surface area contributed by atoms with E-state index in [0.717, 1.165) is 27.8 Å². The van der Waals surface area contributed by atoms with Crippen molar-refractivity contribution in [1.82, 2.24) is 0 Å². The molecule has 0 radical (unpaired) electrons. The Morgan fingerprint density at radius 2 is 1.80 bits per heavy atom. The molecule has 0 aromatic heterocycles. The molecule has 0 saturated heterocycles. The molecule has 0 spiro atoms. The van der Waals surface area contributed by atoms with Gasteiger partial charge < -0.3 is 10.0 Å². The van der Waals surface area contributed by atoms with E-state index in [1.165, 1.54) is 5.56 Å². The van der Waals surface area contributed by atoms with Crippen molar-refractivity contribution in [2.45, 2.75) is 26.4 Å². The van der Waals surface area contributed by atoms with E-state index in [0.29, 0.717) is 0 Å². The van der Waals surface area contributed by atoms with Crippen LogP contribution in [0.3, 0.4) is 0 Å². The highest BCUT2D eigenvalue weighted by Gasteiger charge is 2.10. The third-order valence-corrected chi connectivity index (χ3v) is 4.18. The maximum absolute atomic E-state index is 9.62. The second-order valence-electron chi connectivity index (χ2n) is 4.97. The van der Waals surface area contributed by atoms with Crippen molar-refractivity contribution < 1.29 is 5.11 Å². The van der Waals surface area contributed by atoms with Crippen molar-refractivity contribution in [1.29, 1.82) is 0 Å². The fraction of sp³-hybridized carbons (Fsp3) is 0.294. The van der Waals surface area contributed by atoms with Crippen LogP contribution in [0.4, 0.5) is 11.4 Å². The van der Waals surface area contributed by atoms with Crippen molar-refractivity contribution in [3.63, 3.8) is 0 Å². The summed E-state index contributed by atoms with van der Waals surface area (Å²) in [5, 5.41) is 9.62. The topological polar surface area (TPSA) is 23.5 Å². The minimum atomic E-state index is -0.450. The largest absolute Gasteiger partial charge is 0.389 e. The molecule has 0 aliphatic rings. The van der Waals surface area contributed by atoms with E-state index in [-0.39, 0.29) is 0 Å². The maximum Gasteiger partial charge on any atom is 0.0762 e. The van der Waals surface area contributed by atoms with Crippen LogP contribution in [-0.2, 0) is 6.42 Å². The first-order valence-corrected chi connectivity index (χ1v) is 7.62. The molecule has 106 valence electrons. The second kappa shape index (κ2) is 6.42. The van der Waals surface area contributed by atoms with Crippen LogP contribution in [0.5, 0.6) is 0 Å². The molecule has 2 rings (SSSR count). The summed E-state index contributed by atoms with van der Waals surface area (Å²) in [6.07, 6.45) is 0.603. The number of hydrogen-bond donors (Lipinski definition) is 1. The summed E-state index contributed by atoms with van der Waals surface area (Å²) in [6, 6.07) is 14.5. The minimum Gasteiger partial charge on any atom is -0.389 e. The molecular formula is C17H20BrNO. The lowest BCUT2D eigenvalue weighted by Gasteiger charge is -2.22. The van der Waals surface area contributed by atoms with E-state index in [4.69, 9.17) is 0 Å². The zero-order chi connectivity index (χ0) is 14.7. The second-order valence-corrected chi connectivity index (χ2v) is 5.82. The molecule has 3 heteroatoms. The SMILES string of the molecule is CCc1ccc(N(C)c2ccc(C(C)O)cc2Br)cc1. The van der Waals surface area contributed by atoms with Crippen LogP contribution in [0.15, 0.2) is 46.9 Å². The molecule has 2 aromatic rings. The lowest BCUT2D eigenvalue weighted by atomic mass is 10.1. The van der Waals surface area contributed by atoms with Gasteiger partial charge in [0.2, 0.25) is 0 Å². The summed E-state index contributed by atoms with van der Waals surface area (Å²) in [5.74, 6) is 0. The van der Waals surface area contributed by atoms with Crippen LogP contribution in [-0.4, -0.2) is 12.2 Å². The first kappa shape index (κ1) is 15.1. The standard InChI is InChI=1S/C17H20BrNO/c1-4-13-5-8-15(9-6-13)19(3)17-10-7-14(12(2)20)11-16(17)18/h5-12,20H,4H2,1-3H3. The first-order valence-electron chi connectivity index (χ1n) is 6.83. The van der Waals surface area contributed by atoms with Gasteiger partial charge in [-0.05, 0) is 64.7 Å². The van der Waals surface area contributed by atoms with Gasteiger partial charge in [0.05, 0.1) is 11.8 Å². The van der Waals surface area contributed by atoms with E-state index in [1.54, 1.807) is 6.92 Å². The molecule has 1 unspecified atom stereocenters. The van der Waals surface area contributed by atoms with Crippen LogP contribution in [0.25, 0.3) is 0 Å². The van der Waals surface area contributed by atoms with Gasteiger partial charge in [0.25, 0.3) is 0 Å². The Bertz CT molecular complexity index is 578. The normalized spacial score (nSPS) is 12.2. The van der Waals surface area contributed by atoms with Crippen molar-refractivity contribution in [3.05, 3.63) is 58.1 Å². The van der Waals surface area contributed by atoms with Crippen molar-refractivity contribution in [2.75, 3.05) is 11.9 Å². The molecule has 1 N–H and O–H groups in total. The Labute approximate surface area is 129 Å². The molecule has 0 amide bonds. The van der Waals surface area contributed by atoms with Crippen LogP contribution in [0.2, 0.25) is 0 Å². The fourth-order valence-electron chi connectivity index (χ4n) is 2.15. The number of anilines is 2. The summed E-state index contributed by atoms with van der Waals surface area (Å²) in [5.41, 5.74) is 4.48. The molecule has 0 saturated carbocycles. The summed E-state index contributed by atoms with van der Waals surface area (Å²) in [7, 11) is 2.04. The fourth-order valence-corrected chi connectivity index (χ4v) is 2.81. The van der Waals surface area contributed by atoms with E-state index in [2.05, 4.69) is 52.0 Å². The molecule has 0 aliphatic carbocycles. The Kier molecular flexibility index (Phi) is 4.84. The molecule has 0 fully saturated rings. The Morgan fingerprint density at radius 1 is 1.15 bits per heavy atom. The van der Waals surface area contributed by atoms with Gasteiger partial charge in [-0.25, -0.2) is 0 Å². The number of aryl methyl sites for hydroxylation is 1. The molecule has 2 aromatic carbocycles. The van der Waals surface area contributed by atoms with Gasteiger partial charge in [-0.1, -0.05) is 25.1 Å². The van der Waals surface area contributed by atoms with Gasteiger partial charge in [0.1, 0.15) is 0 Å². The average molecular weight is 334 g/mol. The maximum atomic E-state index is 9.62. The zero-order valence-electron chi connectivity index (χ0n) is 12.1. The smallest absolute Gasteiger partial charge is 0.0762 e. The van der Waals surface area contributed by atoms with Gasteiger partial charge >= 0.3 is 0 Å². The number of nitrogens with zero attached hydrogens (tertiary/aromatic N) is 1. The zero-order valence-corrected chi connectivity index (χ0v) is 13.7. The molecule has 0 bridgehead atoms. The monoisotopic (exact) mass is 333 g/mol. The Hall–Kier alpha value is -1.32. The third-order valence-electron chi connectivity index (χ3n) is 3.55. The van der Waals surface area contributed by atoms with Crippen molar-refractivity contribution in [2.24, 2.45) is 0 Å². The molecular weight excluding hydrogens is 314 g/mol. The average Bonchev–Trinajstić information content (AvgIpc) is 2.46. The lowest BCUT2D eigenvalue weighted by molar-refractivity contribution is 0.199. The quantitative estimate of drug-likeness (QED) is 0.865. The third kappa shape index (κ3) is 3.22. The van der Waals surface area contributed by atoms with E-state index >= 15 is 0 Å². The van der Waals surface area contributed by atoms with Gasteiger partial charge in [-0.15, -0.1) is 0 Å². The number of rotatable bonds is 4. The van der Waals surface area contributed by atoms with Gasteiger partial charge in [-0.3, -0.25) is 0 Å². The molecule has 0 heterocycles. The van der Waals surface area contributed by atoms with E-state index in [9.17, 15) is 5.11 Å². The molecule has 1 atom stereocenters. The number of aliphatic hydroxyl groups excluding tert-OH is 1. The summed E-state index contributed by atoms with van der Waals surface area (Å²) in [4.78, 5) is 2.13. The van der Waals surface area contributed by atoms with E-state index in [1.807, 2.05) is 25.2 Å². The minimum absolute atomic E-state index is 0.450. The predicted molar refractivity (Wildman–Crippen MR) is 88.7 cm³/mol. The highest BCUT2D eigenvalue weighted by atomic mass is 79.9. The van der Waals surface area contributed by atoms with Crippen molar-refractivity contribution >= 4 is 27.3 Å². The highest BCUT2D eigenvalue weighted by Crippen LogP contribution is 2.33. The van der Waals surface area contributed by atoms with Crippen LogP contribution < -0.4 is 4.90 Å². The first-order chi connectivity index (χ1) is 9.52. The molecule has 0 aliphatic heterocycles. The number of benzene rings is 2. The van der Waals surface area contributed by atoms with Crippen molar-refractivity contribution in [3.8, 4) is 0 Å². The number of hydrogen-bond acceptors (Lipinski definition) is 2. The van der Waals surface area contributed by atoms with Gasteiger partial charge in [0.15, 0.2) is 0 Å². The Morgan fingerprint density at radius 3 is 2.30 bits per heavy atom. The van der Waals surface area contributed by atoms with Crippen LogP contribution >= 0.6 is 15.9 Å². The van der Waals surface area contributed by atoms with Gasteiger partial charge in [-0.2, -0.15) is 0 Å². The number of halogens is 1.